The normalized spacial score (nSPS) is 19.3. The quantitative estimate of drug-likeness (QED) is 0.819. The summed E-state index contributed by atoms with van der Waals surface area (Å²) in [7, 11) is 0. The Morgan fingerprint density at radius 2 is 2.30 bits per heavy atom. The van der Waals surface area contributed by atoms with Crippen LogP contribution in [0.1, 0.15) is 25.2 Å². The number of hydrogen-bond acceptors (Lipinski definition) is 6. The molecule has 1 aliphatic rings. The summed E-state index contributed by atoms with van der Waals surface area (Å²) in [6, 6.07) is 9.36. The van der Waals surface area contributed by atoms with Crippen LogP contribution < -0.4 is 10.6 Å². The first-order chi connectivity index (χ1) is 11.2. The fourth-order valence-electron chi connectivity index (χ4n) is 2.56. The maximum absolute atomic E-state index is 12.2. The highest BCUT2D eigenvalue weighted by Gasteiger charge is 2.21. The SMILES string of the molecule is CC(NC(=O)CC1COCCN1)c1nnnn1-c1ccccc1. The average Bonchev–Trinajstić information content (AvgIpc) is 3.06. The molecule has 0 saturated carbocycles. The van der Waals surface area contributed by atoms with Crippen LogP contribution in [0.3, 0.4) is 0 Å². The Balaban J connectivity index is 1.63. The van der Waals surface area contributed by atoms with Gasteiger partial charge >= 0.3 is 0 Å². The lowest BCUT2D eigenvalue weighted by molar-refractivity contribution is -0.123. The maximum atomic E-state index is 12.2. The van der Waals surface area contributed by atoms with Gasteiger partial charge in [-0.1, -0.05) is 18.2 Å². The van der Waals surface area contributed by atoms with E-state index in [1.807, 2.05) is 37.3 Å². The zero-order chi connectivity index (χ0) is 16.1. The van der Waals surface area contributed by atoms with Crippen molar-refractivity contribution in [3.8, 4) is 5.69 Å². The highest BCUT2D eigenvalue weighted by atomic mass is 16.5. The molecule has 1 amide bonds. The minimum atomic E-state index is -0.290. The Hall–Kier alpha value is -2.32. The first kappa shape index (κ1) is 15.6. The molecule has 2 atom stereocenters. The van der Waals surface area contributed by atoms with E-state index in [0.717, 1.165) is 12.2 Å². The number of carbonyl (C=O) groups excluding carboxylic acids is 1. The fourth-order valence-corrected chi connectivity index (χ4v) is 2.56. The molecule has 2 aromatic rings. The fraction of sp³-hybridized carbons (Fsp3) is 0.467. The number of amides is 1. The van der Waals surface area contributed by atoms with Crippen LogP contribution in [-0.2, 0) is 9.53 Å². The molecule has 0 spiro atoms. The smallest absolute Gasteiger partial charge is 0.222 e. The van der Waals surface area contributed by atoms with Gasteiger partial charge in [-0.2, -0.15) is 4.68 Å². The zero-order valence-corrected chi connectivity index (χ0v) is 13.0. The Morgan fingerprint density at radius 1 is 1.48 bits per heavy atom. The van der Waals surface area contributed by atoms with E-state index in [-0.39, 0.29) is 18.0 Å². The third kappa shape index (κ3) is 3.91. The lowest BCUT2D eigenvalue weighted by atomic mass is 10.2. The van der Waals surface area contributed by atoms with Gasteiger partial charge < -0.3 is 15.4 Å². The average molecular weight is 316 g/mol. The van der Waals surface area contributed by atoms with Crippen LogP contribution in [0.15, 0.2) is 30.3 Å². The van der Waals surface area contributed by atoms with E-state index in [2.05, 4.69) is 26.2 Å². The number of benzene rings is 1. The minimum Gasteiger partial charge on any atom is -0.378 e. The van der Waals surface area contributed by atoms with E-state index in [4.69, 9.17) is 4.74 Å². The Morgan fingerprint density at radius 3 is 3.04 bits per heavy atom. The number of nitrogens with zero attached hydrogens (tertiary/aromatic N) is 4. The molecule has 0 aliphatic carbocycles. The number of tetrazole rings is 1. The summed E-state index contributed by atoms with van der Waals surface area (Å²) in [4.78, 5) is 12.2. The van der Waals surface area contributed by atoms with Crippen molar-refractivity contribution >= 4 is 5.91 Å². The summed E-state index contributed by atoms with van der Waals surface area (Å²) in [5, 5.41) is 18.0. The van der Waals surface area contributed by atoms with Crippen molar-refractivity contribution in [3.05, 3.63) is 36.2 Å². The largest absolute Gasteiger partial charge is 0.378 e. The van der Waals surface area contributed by atoms with E-state index in [0.29, 0.717) is 25.5 Å². The van der Waals surface area contributed by atoms with Gasteiger partial charge in [-0.25, -0.2) is 0 Å². The van der Waals surface area contributed by atoms with E-state index < -0.39 is 0 Å². The molecular formula is C15H20N6O2. The van der Waals surface area contributed by atoms with Crippen LogP contribution in [0.4, 0.5) is 0 Å². The molecule has 122 valence electrons. The molecule has 0 bridgehead atoms. The van der Waals surface area contributed by atoms with Gasteiger partial charge in [0.05, 0.1) is 24.9 Å². The molecule has 0 radical (unpaired) electrons. The molecule has 1 fully saturated rings. The number of morpholine rings is 1. The van der Waals surface area contributed by atoms with Crippen molar-refractivity contribution in [1.29, 1.82) is 0 Å². The number of aromatic nitrogens is 4. The second kappa shape index (κ2) is 7.30. The van der Waals surface area contributed by atoms with Crippen molar-refractivity contribution in [2.75, 3.05) is 19.8 Å². The molecule has 1 aromatic carbocycles. The van der Waals surface area contributed by atoms with Crippen LogP contribution in [0.5, 0.6) is 0 Å². The summed E-state index contributed by atoms with van der Waals surface area (Å²) in [6.45, 7) is 3.90. The van der Waals surface area contributed by atoms with Crippen LogP contribution in [0, 0.1) is 0 Å². The standard InChI is InChI=1S/C15H20N6O2/c1-11(17-14(22)9-12-10-23-8-7-16-12)15-18-19-20-21(15)13-5-3-2-4-6-13/h2-6,11-12,16H,7-10H2,1H3,(H,17,22). The molecule has 1 aliphatic heterocycles. The molecule has 1 saturated heterocycles. The van der Waals surface area contributed by atoms with Gasteiger partial charge in [-0.15, -0.1) is 5.10 Å². The minimum absolute atomic E-state index is 0.0527. The molecule has 8 nitrogen and oxygen atoms in total. The number of carbonyl (C=O) groups is 1. The number of ether oxygens (including phenoxy) is 1. The van der Waals surface area contributed by atoms with Gasteiger partial charge in [0.2, 0.25) is 5.91 Å². The van der Waals surface area contributed by atoms with Gasteiger partial charge in [0.25, 0.3) is 0 Å². The second-order valence-corrected chi connectivity index (χ2v) is 5.50. The number of hydrogen-bond donors (Lipinski definition) is 2. The molecule has 23 heavy (non-hydrogen) atoms. The molecular weight excluding hydrogens is 296 g/mol. The third-order valence-electron chi connectivity index (χ3n) is 3.69. The number of nitrogens with one attached hydrogen (secondary N) is 2. The van der Waals surface area contributed by atoms with Gasteiger partial charge in [0, 0.05) is 19.0 Å². The molecule has 2 N–H and O–H groups in total. The first-order valence-electron chi connectivity index (χ1n) is 7.68. The van der Waals surface area contributed by atoms with E-state index in [1.54, 1.807) is 4.68 Å². The summed E-state index contributed by atoms with van der Waals surface area (Å²) in [5.41, 5.74) is 0.857. The van der Waals surface area contributed by atoms with E-state index in [9.17, 15) is 4.79 Å². The Labute approximate surface area is 134 Å². The highest BCUT2D eigenvalue weighted by molar-refractivity contribution is 5.77. The van der Waals surface area contributed by atoms with Crippen LogP contribution in [0.25, 0.3) is 5.69 Å². The molecule has 2 unspecified atom stereocenters. The first-order valence-corrected chi connectivity index (χ1v) is 7.68. The van der Waals surface area contributed by atoms with Gasteiger partial charge in [-0.3, -0.25) is 4.79 Å². The summed E-state index contributed by atoms with van der Waals surface area (Å²) < 4.78 is 6.99. The molecule has 1 aromatic heterocycles. The Bertz CT molecular complexity index is 638. The third-order valence-corrected chi connectivity index (χ3v) is 3.69. The van der Waals surface area contributed by atoms with Crippen molar-refractivity contribution in [2.24, 2.45) is 0 Å². The lowest BCUT2D eigenvalue weighted by Crippen LogP contribution is -2.44. The number of para-hydroxylation sites is 1. The predicted molar refractivity (Wildman–Crippen MR) is 82.9 cm³/mol. The second-order valence-electron chi connectivity index (χ2n) is 5.50. The topological polar surface area (TPSA) is 94.0 Å². The van der Waals surface area contributed by atoms with Crippen molar-refractivity contribution < 1.29 is 9.53 Å². The zero-order valence-electron chi connectivity index (χ0n) is 13.0. The summed E-state index contributed by atoms with van der Waals surface area (Å²) >= 11 is 0. The maximum Gasteiger partial charge on any atom is 0.222 e. The van der Waals surface area contributed by atoms with E-state index >= 15 is 0 Å². The van der Waals surface area contributed by atoms with Crippen LogP contribution in [-0.4, -0.2) is 51.9 Å². The van der Waals surface area contributed by atoms with Gasteiger partial charge in [0.15, 0.2) is 5.82 Å². The predicted octanol–water partition coefficient (Wildman–Crippen LogP) is 0.218. The number of rotatable bonds is 5. The van der Waals surface area contributed by atoms with Crippen molar-refractivity contribution in [3.63, 3.8) is 0 Å². The summed E-state index contributed by atoms with van der Waals surface area (Å²) in [5.74, 6) is 0.542. The van der Waals surface area contributed by atoms with E-state index in [1.165, 1.54) is 0 Å². The molecule has 3 rings (SSSR count). The monoisotopic (exact) mass is 316 g/mol. The van der Waals surface area contributed by atoms with Gasteiger partial charge in [0.1, 0.15) is 0 Å². The summed E-state index contributed by atoms with van der Waals surface area (Å²) in [6.07, 6.45) is 0.372. The van der Waals surface area contributed by atoms with Crippen LogP contribution >= 0.6 is 0 Å². The highest BCUT2D eigenvalue weighted by Crippen LogP contribution is 2.14. The van der Waals surface area contributed by atoms with Crippen molar-refractivity contribution in [2.45, 2.75) is 25.4 Å². The van der Waals surface area contributed by atoms with Crippen molar-refractivity contribution in [1.82, 2.24) is 30.8 Å². The van der Waals surface area contributed by atoms with Gasteiger partial charge in [-0.05, 0) is 29.5 Å². The molecule has 2 heterocycles. The van der Waals surface area contributed by atoms with Crippen LogP contribution in [0.2, 0.25) is 0 Å². The molecule has 8 heteroatoms. The Kier molecular flexibility index (Phi) is 4.94. The lowest BCUT2D eigenvalue weighted by Gasteiger charge is -2.24.